The number of benzene rings is 1. The first kappa shape index (κ1) is 17.6. The Labute approximate surface area is 146 Å². The van der Waals surface area contributed by atoms with Gasteiger partial charge in [0, 0.05) is 22.8 Å². The highest BCUT2D eigenvalue weighted by Gasteiger charge is 2.47. The molecule has 0 spiro atoms. The fourth-order valence-electron chi connectivity index (χ4n) is 2.78. The molecule has 1 amide bonds. The number of carbonyl (C=O) groups is 1. The van der Waals surface area contributed by atoms with Gasteiger partial charge in [-0.05, 0) is 36.4 Å². The van der Waals surface area contributed by atoms with Crippen LogP contribution in [0.25, 0.3) is 6.08 Å². The van der Waals surface area contributed by atoms with Gasteiger partial charge in [-0.25, -0.2) is 0 Å². The third kappa shape index (κ3) is 4.05. The largest absolute Gasteiger partial charge is 0.465 e. The summed E-state index contributed by atoms with van der Waals surface area (Å²) in [7, 11) is 0. The fourth-order valence-corrected chi connectivity index (χ4v) is 2.96. The second-order valence-electron chi connectivity index (χ2n) is 5.57. The summed E-state index contributed by atoms with van der Waals surface area (Å²) in [5, 5.41) is 2.68. The lowest BCUT2D eigenvalue weighted by Crippen LogP contribution is -2.40. The van der Waals surface area contributed by atoms with Crippen LogP contribution in [0.1, 0.15) is 17.4 Å². The molecule has 1 atom stereocenters. The predicted molar refractivity (Wildman–Crippen MR) is 88.2 cm³/mol. The highest BCUT2D eigenvalue weighted by molar-refractivity contribution is 6.30. The standard InChI is InChI=1S/C17H14ClF3N2O2/c18-11-5-6-14-13(9-11)16(17(19,20)21)23(10-15(24)22-14)7-1-3-12-4-2-8-25-12/h1-6,8-9,16H,7,10H2,(H,22,24). The van der Waals surface area contributed by atoms with E-state index in [9.17, 15) is 18.0 Å². The minimum Gasteiger partial charge on any atom is -0.465 e. The first-order valence-electron chi connectivity index (χ1n) is 7.45. The Morgan fingerprint density at radius 3 is 2.84 bits per heavy atom. The van der Waals surface area contributed by atoms with Crippen LogP contribution in [0.2, 0.25) is 5.02 Å². The molecule has 2 aromatic rings. The quantitative estimate of drug-likeness (QED) is 0.865. The number of halogens is 4. The molecule has 0 radical (unpaired) electrons. The van der Waals surface area contributed by atoms with Crippen molar-refractivity contribution in [2.45, 2.75) is 12.2 Å². The van der Waals surface area contributed by atoms with Crippen molar-refractivity contribution in [2.75, 3.05) is 18.4 Å². The van der Waals surface area contributed by atoms with Crippen LogP contribution in [-0.2, 0) is 4.79 Å². The number of alkyl halides is 3. The molecule has 1 aromatic heterocycles. The van der Waals surface area contributed by atoms with Crippen LogP contribution in [0.3, 0.4) is 0 Å². The molecule has 0 fully saturated rings. The zero-order valence-corrected chi connectivity index (χ0v) is 13.6. The minimum absolute atomic E-state index is 0.0720. The highest BCUT2D eigenvalue weighted by Crippen LogP contribution is 2.42. The molecule has 0 saturated carbocycles. The van der Waals surface area contributed by atoms with E-state index in [1.165, 1.54) is 30.5 Å². The van der Waals surface area contributed by atoms with Crippen LogP contribution in [-0.4, -0.2) is 30.1 Å². The summed E-state index contributed by atoms with van der Waals surface area (Å²) in [6.45, 7) is -0.469. The number of anilines is 1. The maximum atomic E-state index is 13.7. The van der Waals surface area contributed by atoms with E-state index < -0.39 is 18.1 Å². The Morgan fingerprint density at radius 1 is 1.36 bits per heavy atom. The number of hydrogen-bond acceptors (Lipinski definition) is 3. The smallest absolute Gasteiger partial charge is 0.408 e. The van der Waals surface area contributed by atoms with Crippen LogP contribution in [0.5, 0.6) is 0 Å². The van der Waals surface area contributed by atoms with E-state index in [0.29, 0.717) is 5.76 Å². The zero-order valence-electron chi connectivity index (χ0n) is 12.9. The van der Waals surface area contributed by atoms with Gasteiger partial charge in [-0.1, -0.05) is 17.7 Å². The van der Waals surface area contributed by atoms with Gasteiger partial charge in [-0.3, -0.25) is 9.69 Å². The Bertz CT molecular complexity index is 788. The number of amides is 1. The number of furan rings is 1. The molecule has 1 unspecified atom stereocenters. The molecule has 1 aliphatic heterocycles. The molecule has 25 heavy (non-hydrogen) atoms. The molecular weight excluding hydrogens is 357 g/mol. The third-order valence-electron chi connectivity index (χ3n) is 3.77. The summed E-state index contributed by atoms with van der Waals surface area (Å²) in [6, 6.07) is 5.49. The third-order valence-corrected chi connectivity index (χ3v) is 4.00. The minimum atomic E-state index is -4.57. The van der Waals surface area contributed by atoms with Gasteiger partial charge in [0.2, 0.25) is 5.91 Å². The van der Waals surface area contributed by atoms with Gasteiger partial charge in [-0.2, -0.15) is 13.2 Å². The van der Waals surface area contributed by atoms with E-state index in [1.54, 1.807) is 18.2 Å². The molecular formula is C17H14ClF3N2O2. The summed E-state index contributed by atoms with van der Waals surface area (Å²) in [4.78, 5) is 13.1. The van der Waals surface area contributed by atoms with E-state index in [1.807, 2.05) is 0 Å². The molecule has 0 bridgehead atoms. The van der Waals surface area contributed by atoms with Gasteiger partial charge in [0.05, 0.1) is 12.8 Å². The Balaban J connectivity index is 1.95. The lowest BCUT2D eigenvalue weighted by atomic mass is 10.0. The monoisotopic (exact) mass is 370 g/mol. The Hall–Kier alpha value is -2.25. The highest BCUT2D eigenvalue weighted by atomic mass is 35.5. The summed E-state index contributed by atoms with van der Waals surface area (Å²) >= 11 is 5.88. The number of rotatable bonds is 3. The van der Waals surface area contributed by atoms with Crippen LogP contribution in [0.4, 0.5) is 18.9 Å². The van der Waals surface area contributed by atoms with E-state index in [4.69, 9.17) is 16.0 Å². The van der Waals surface area contributed by atoms with Crippen molar-refractivity contribution in [3.8, 4) is 0 Å². The van der Waals surface area contributed by atoms with Crippen LogP contribution in [0.15, 0.2) is 47.1 Å². The van der Waals surface area contributed by atoms with E-state index in [0.717, 1.165) is 4.90 Å². The first-order valence-corrected chi connectivity index (χ1v) is 7.82. The molecule has 1 aromatic carbocycles. The maximum Gasteiger partial charge on any atom is 0.408 e. The number of nitrogens with zero attached hydrogens (tertiary/aromatic N) is 1. The summed E-state index contributed by atoms with van der Waals surface area (Å²) in [6.07, 6.45) is -0.00439. The van der Waals surface area contributed by atoms with Crippen LogP contribution >= 0.6 is 11.6 Å². The average molecular weight is 371 g/mol. The van der Waals surface area contributed by atoms with Crippen molar-refractivity contribution >= 4 is 29.3 Å². The second kappa shape index (κ2) is 6.93. The molecule has 0 aliphatic carbocycles. The lowest BCUT2D eigenvalue weighted by Gasteiger charge is -2.30. The van der Waals surface area contributed by atoms with Crippen molar-refractivity contribution in [1.82, 2.24) is 4.90 Å². The summed E-state index contributed by atoms with van der Waals surface area (Å²) < 4.78 is 46.3. The first-order chi connectivity index (χ1) is 11.8. The van der Waals surface area contributed by atoms with Gasteiger partial charge in [0.15, 0.2) is 0 Å². The molecule has 2 heterocycles. The van der Waals surface area contributed by atoms with Crippen molar-refractivity contribution < 1.29 is 22.4 Å². The van der Waals surface area contributed by atoms with Crippen molar-refractivity contribution in [2.24, 2.45) is 0 Å². The molecule has 4 nitrogen and oxygen atoms in total. The molecule has 132 valence electrons. The van der Waals surface area contributed by atoms with Gasteiger partial charge < -0.3 is 9.73 Å². The van der Waals surface area contributed by atoms with Crippen molar-refractivity contribution in [3.05, 3.63) is 59.0 Å². The number of carbonyl (C=O) groups excluding carboxylic acids is 1. The number of nitrogens with one attached hydrogen (secondary N) is 1. The number of hydrogen-bond donors (Lipinski definition) is 1. The Morgan fingerprint density at radius 2 is 2.16 bits per heavy atom. The van der Waals surface area contributed by atoms with Crippen molar-refractivity contribution in [3.63, 3.8) is 0 Å². The van der Waals surface area contributed by atoms with E-state index in [-0.39, 0.29) is 29.4 Å². The van der Waals surface area contributed by atoms with Gasteiger partial charge in [0.25, 0.3) is 0 Å². The van der Waals surface area contributed by atoms with E-state index in [2.05, 4.69) is 5.32 Å². The van der Waals surface area contributed by atoms with Crippen molar-refractivity contribution in [1.29, 1.82) is 0 Å². The maximum absolute atomic E-state index is 13.7. The SMILES string of the molecule is O=C1CN(CC=Cc2ccco2)C(C(F)(F)F)c2cc(Cl)ccc2N1. The zero-order chi connectivity index (χ0) is 18.0. The van der Waals surface area contributed by atoms with Gasteiger partial charge in [-0.15, -0.1) is 0 Å². The fraction of sp³-hybridized carbons (Fsp3) is 0.235. The predicted octanol–water partition coefficient (Wildman–Crippen LogP) is 4.50. The number of fused-ring (bicyclic) bond motifs is 1. The molecule has 1 aliphatic rings. The second-order valence-corrected chi connectivity index (χ2v) is 6.01. The molecule has 0 saturated heterocycles. The Kier molecular flexibility index (Phi) is 4.87. The topological polar surface area (TPSA) is 45.5 Å². The summed E-state index contributed by atoms with van der Waals surface area (Å²) in [5.41, 5.74) is 0.0477. The molecule has 1 N–H and O–H groups in total. The normalized spacial score (nSPS) is 18.9. The van der Waals surface area contributed by atoms with E-state index >= 15 is 0 Å². The molecule has 3 rings (SSSR count). The molecule has 8 heteroatoms. The van der Waals surface area contributed by atoms with Gasteiger partial charge >= 0.3 is 6.18 Å². The van der Waals surface area contributed by atoms with Crippen LogP contribution < -0.4 is 5.32 Å². The van der Waals surface area contributed by atoms with Gasteiger partial charge in [0.1, 0.15) is 11.8 Å². The average Bonchev–Trinajstić information content (AvgIpc) is 2.97. The summed E-state index contributed by atoms with van der Waals surface area (Å²) in [5.74, 6) is 0.00741. The lowest BCUT2D eigenvalue weighted by molar-refractivity contribution is -0.184. The van der Waals surface area contributed by atoms with Crippen LogP contribution in [0, 0.1) is 0 Å².